The van der Waals surface area contributed by atoms with Gasteiger partial charge in [0.15, 0.2) is 0 Å². The van der Waals surface area contributed by atoms with Crippen molar-refractivity contribution in [2.75, 3.05) is 14.1 Å². The molecule has 0 aliphatic rings. The lowest BCUT2D eigenvalue weighted by molar-refractivity contribution is 0.0936. The van der Waals surface area contributed by atoms with Crippen LogP contribution in [0.25, 0.3) is 11.1 Å². The van der Waals surface area contributed by atoms with Crippen LogP contribution in [0.15, 0.2) is 55.1 Å². The quantitative estimate of drug-likeness (QED) is 0.614. The molecule has 1 unspecified atom stereocenters. The summed E-state index contributed by atoms with van der Waals surface area (Å²) in [5, 5.41) is 16.8. The molecular formula is C22H27N5O2. The van der Waals surface area contributed by atoms with Crippen LogP contribution in [0.3, 0.4) is 0 Å². The van der Waals surface area contributed by atoms with Gasteiger partial charge in [-0.25, -0.2) is 4.98 Å². The summed E-state index contributed by atoms with van der Waals surface area (Å²) in [7, 11) is 4.03. The molecule has 0 fully saturated rings. The molecule has 0 aliphatic carbocycles. The molecule has 2 N–H and O–H groups in total. The third-order valence-electron chi connectivity index (χ3n) is 4.60. The largest absolute Gasteiger partial charge is 0.392 e. The predicted molar refractivity (Wildman–Crippen MR) is 112 cm³/mol. The maximum absolute atomic E-state index is 12.5. The van der Waals surface area contributed by atoms with Crippen molar-refractivity contribution in [1.29, 1.82) is 0 Å². The lowest BCUT2D eigenvalue weighted by atomic mass is 9.96. The first kappa shape index (κ1) is 20.7. The Morgan fingerprint density at radius 2 is 1.97 bits per heavy atom. The van der Waals surface area contributed by atoms with Crippen LogP contribution >= 0.6 is 0 Å². The molecule has 1 heterocycles. The molecule has 0 radical (unpaired) electrons. The Bertz CT molecular complexity index is 936. The van der Waals surface area contributed by atoms with E-state index in [4.69, 9.17) is 0 Å². The number of aliphatic hydroxyl groups excluding tert-OH is 1. The van der Waals surface area contributed by atoms with Gasteiger partial charge in [-0.2, -0.15) is 5.10 Å². The van der Waals surface area contributed by atoms with E-state index in [1.54, 1.807) is 11.0 Å². The summed E-state index contributed by atoms with van der Waals surface area (Å²) < 4.78 is 1.68. The molecule has 3 rings (SSSR count). The molecule has 0 aliphatic heterocycles. The highest BCUT2D eigenvalue weighted by Gasteiger charge is 2.12. The second kappa shape index (κ2) is 9.45. The molecule has 0 spiro atoms. The van der Waals surface area contributed by atoms with Crippen molar-refractivity contribution in [2.45, 2.75) is 32.7 Å². The van der Waals surface area contributed by atoms with Crippen LogP contribution in [-0.4, -0.2) is 50.8 Å². The van der Waals surface area contributed by atoms with E-state index < -0.39 is 0 Å². The summed E-state index contributed by atoms with van der Waals surface area (Å²) in [5.74, 6) is -0.132. The van der Waals surface area contributed by atoms with Crippen LogP contribution in [0.2, 0.25) is 0 Å². The Labute approximate surface area is 171 Å². The predicted octanol–water partition coefficient (Wildman–Crippen LogP) is 2.32. The topological polar surface area (TPSA) is 83.3 Å². The zero-order valence-electron chi connectivity index (χ0n) is 17.0. The molecule has 1 atom stereocenters. The van der Waals surface area contributed by atoms with Crippen molar-refractivity contribution in [3.63, 3.8) is 0 Å². The van der Waals surface area contributed by atoms with Crippen LogP contribution in [0.5, 0.6) is 0 Å². The first-order valence-electron chi connectivity index (χ1n) is 9.57. The van der Waals surface area contributed by atoms with Crippen LogP contribution in [0.1, 0.15) is 28.4 Å². The Morgan fingerprint density at radius 1 is 1.21 bits per heavy atom. The monoisotopic (exact) mass is 393 g/mol. The molecular weight excluding hydrogens is 366 g/mol. The van der Waals surface area contributed by atoms with Crippen molar-refractivity contribution >= 4 is 5.91 Å². The second-order valence-corrected chi connectivity index (χ2v) is 7.46. The molecule has 29 heavy (non-hydrogen) atoms. The van der Waals surface area contributed by atoms with Crippen LogP contribution < -0.4 is 5.32 Å². The lowest BCUT2D eigenvalue weighted by Crippen LogP contribution is -2.35. The number of amides is 1. The molecule has 0 saturated carbocycles. The summed E-state index contributed by atoms with van der Waals surface area (Å²) in [4.78, 5) is 18.5. The molecule has 7 nitrogen and oxygen atoms in total. The minimum Gasteiger partial charge on any atom is -0.392 e. The maximum atomic E-state index is 12.5. The fraction of sp³-hybridized carbons (Fsp3) is 0.318. The lowest BCUT2D eigenvalue weighted by Gasteiger charge is -2.15. The van der Waals surface area contributed by atoms with Gasteiger partial charge in [-0.1, -0.05) is 30.3 Å². The highest BCUT2D eigenvalue weighted by molar-refractivity contribution is 5.94. The van der Waals surface area contributed by atoms with Crippen LogP contribution in [-0.2, 0) is 19.7 Å². The number of carbonyl (C=O) groups is 1. The number of nitrogens with one attached hydrogen (secondary N) is 1. The second-order valence-electron chi connectivity index (χ2n) is 7.46. The molecule has 152 valence electrons. The van der Waals surface area contributed by atoms with Crippen molar-refractivity contribution in [3.05, 3.63) is 71.8 Å². The van der Waals surface area contributed by atoms with Crippen molar-refractivity contribution in [3.8, 4) is 11.1 Å². The van der Waals surface area contributed by atoms with Gasteiger partial charge in [0.1, 0.15) is 12.7 Å². The molecule has 2 aromatic carbocycles. The number of benzene rings is 2. The number of hydrogen-bond acceptors (Lipinski definition) is 5. The summed E-state index contributed by atoms with van der Waals surface area (Å²) in [5.41, 5.74) is 4.57. The summed E-state index contributed by atoms with van der Waals surface area (Å²) >= 11 is 0. The van der Waals surface area contributed by atoms with E-state index in [1.165, 1.54) is 6.33 Å². The van der Waals surface area contributed by atoms with Crippen molar-refractivity contribution in [1.82, 2.24) is 25.0 Å². The van der Waals surface area contributed by atoms with Crippen molar-refractivity contribution < 1.29 is 9.90 Å². The highest BCUT2D eigenvalue weighted by Crippen LogP contribution is 2.26. The summed E-state index contributed by atoms with van der Waals surface area (Å²) in [6.45, 7) is 3.28. The number of rotatable bonds is 8. The fourth-order valence-corrected chi connectivity index (χ4v) is 3.28. The molecule has 1 amide bonds. The molecule has 1 aromatic heterocycles. The first-order chi connectivity index (χ1) is 14.0. The normalized spacial score (nSPS) is 12.2. The van der Waals surface area contributed by atoms with Crippen LogP contribution in [0.4, 0.5) is 0 Å². The SMILES string of the molecule is CC(Cn1cncn1)NC(=O)c1ccc(-c2ccc(CN(C)C)cc2CO)cc1. The average Bonchev–Trinajstić information content (AvgIpc) is 3.20. The van der Waals surface area contributed by atoms with Gasteiger partial charge in [-0.3, -0.25) is 9.48 Å². The smallest absolute Gasteiger partial charge is 0.251 e. The number of carbonyl (C=O) groups excluding carboxylic acids is 1. The number of aromatic nitrogens is 3. The van der Waals surface area contributed by atoms with Gasteiger partial charge in [0.05, 0.1) is 13.2 Å². The maximum Gasteiger partial charge on any atom is 0.251 e. The average molecular weight is 393 g/mol. The third kappa shape index (κ3) is 5.49. The van der Waals surface area contributed by atoms with E-state index in [9.17, 15) is 9.90 Å². The van der Waals surface area contributed by atoms with Gasteiger partial charge in [-0.15, -0.1) is 0 Å². The number of aliphatic hydroxyl groups is 1. The zero-order valence-corrected chi connectivity index (χ0v) is 17.0. The Kier molecular flexibility index (Phi) is 6.74. The minimum atomic E-state index is -0.132. The van der Waals surface area contributed by atoms with Gasteiger partial charge in [-0.05, 0) is 55.4 Å². The van der Waals surface area contributed by atoms with Gasteiger partial charge in [0.25, 0.3) is 5.91 Å². The fourth-order valence-electron chi connectivity index (χ4n) is 3.28. The van der Waals surface area contributed by atoms with E-state index in [0.717, 1.165) is 28.8 Å². The molecule has 0 saturated heterocycles. The third-order valence-corrected chi connectivity index (χ3v) is 4.60. The van der Waals surface area contributed by atoms with E-state index in [2.05, 4.69) is 26.4 Å². The summed E-state index contributed by atoms with van der Waals surface area (Å²) in [6.07, 6.45) is 3.10. The van der Waals surface area contributed by atoms with Gasteiger partial charge in [0, 0.05) is 18.2 Å². The Balaban J connectivity index is 1.70. The molecule has 7 heteroatoms. The van der Waals surface area contributed by atoms with E-state index >= 15 is 0 Å². The number of hydrogen-bond donors (Lipinski definition) is 2. The van der Waals surface area contributed by atoms with E-state index in [-0.39, 0.29) is 18.6 Å². The summed E-state index contributed by atoms with van der Waals surface area (Å²) in [6, 6.07) is 13.5. The van der Waals surface area contributed by atoms with Gasteiger partial charge in [0.2, 0.25) is 0 Å². The standard InChI is InChI=1S/C22H27N5O2/c1-16(11-27-15-23-14-24-27)25-22(29)19-7-5-18(6-8-19)21-9-4-17(12-26(2)3)10-20(21)13-28/h4-10,14-16,28H,11-13H2,1-3H3,(H,25,29). The Morgan fingerprint density at radius 3 is 2.59 bits per heavy atom. The van der Waals surface area contributed by atoms with Crippen LogP contribution in [0, 0.1) is 0 Å². The molecule has 3 aromatic rings. The molecule has 0 bridgehead atoms. The highest BCUT2D eigenvalue weighted by atomic mass is 16.3. The van der Waals surface area contributed by atoms with E-state index in [0.29, 0.717) is 12.1 Å². The first-order valence-corrected chi connectivity index (χ1v) is 9.57. The zero-order chi connectivity index (χ0) is 20.8. The Hall–Kier alpha value is -3.03. The van der Waals surface area contributed by atoms with Crippen molar-refractivity contribution in [2.24, 2.45) is 0 Å². The van der Waals surface area contributed by atoms with Gasteiger partial charge < -0.3 is 15.3 Å². The number of nitrogens with zero attached hydrogens (tertiary/aromatic N) is 4. The van der Waals surface area contributed by atoms with E-state index in [1.807, 2.05) is 57.4 Å². The minimum absolute atomic E-state index is 0.0291. The van der Waals surface area contributed by atoms with Gasteiger partial charge >= 0.3 is 0 Å².